The Hall–Kier alpha value is -0.930. The van der Waals surface area contributed by atoms with Gasteiger partial charge in [-0.1, -0.05) is 6.07 Å². The highest BCUT2D eigenvalue weighted by Gasteiger charge is 2.30. The van der Waals surface area contributed by atoms with E-state index in [1.54, 1.807) is 6.07 Å². The van der Waals surface area contributed by atoms with Gasteiger partial charge >= 0.3 is 0 Å². The molecule has 1 aliphatic rings. The van der Waals surface area contributed by atoms with Gasteiger partial charge in [0, 0.05) is 6.04 Å². The molecule has 0 radical (unpaired) electrons. The average molecular weight is 208 g/mol. The molecule has 0 amide bonds. The van der Waals surface area contributed by atoms with E-state index in [1.807, 2.05) is 13.0 Å². The monoisotopic (exact) mass is 208 g/mol. The van der Waals surface area contributed by atoms with Crippen LogP contribution in [0.1, 0.15) is 24.0 Å². The molecule has 2 rings (SSSR count). The number of nitrogens with one attached hydrogen (secondary N) is 1. The van der Waals surface area contributed by atoms with Gasteiger partial charge in [0.1, 0.15) is 5.82 Å². The van der Waals surface area contributed by atoms with Crippen molar-refractivity contribution in [2.75, 3.05) is 0 Å². The van der Waals surface area contributed by atoms with Crippen LogP contribution in [0.3, 0.4) is 0 Å². The van der Waals surface area contributed by atoms with Crippen LogP contribution in [0.4, 0.5) is 4.39 Å². The van der Waals surface area contributed by atoms with Crippen LogP contribution in [0.25, 0.3) is 0 Å². The Labute approximate surface area is 89.6 Å². The van der Waals surface area contributed by atoms with Crippen LogP contribution < -0.4 is 11.3 Å². The maximum atomic E-state index is 13.1. The fourth-order valence-electron chi connectivity index (χ4n) is 1.96. The lowest BCUT2D eigenvalue weighted by Crippen LogP contribution is -2.38. The van der Waals surface area contributed by atoms with E-state index in [2.05, 4.69) is 5.43 Å². The van der Waals surface area contributed by atoms with Gasteiger partial charge < -0.3 is 0 Å². The summed E-state index contributed by atoms with van der Waals surface area (Å²) in [5.74, 6) is 6.02. The Morgan fingerprint density at radius 2 is 2.27 bits per heavy atom. The van der Waals surface area contributed by atoms with Crippen LogP contribution in [-0.2, 0) is 6.42 Å². The van der Waals surface area contributed by atoms with Gasteiger partial charge in [-0.15, -0.1) is 0 Å². The molecule has 3 heteroatoms. The molecule has 0 aromatic heterocycles. The van der Waals surface area contributed by atoms with E-state index in [0.717, 1.165) is 17.5 Å². The van der Waals surface area contributed by atoms with Crippen molar-refractivity contribution < 1.29 is 4.39 Å². The van der Waals surface area contributed by atoms with Crippen LogP contribution in [0.15, 0.2) is 18.2 Å². The summed E-state index contributed by atoms with van der Waals surface area (Å²) < 4.78 is 13.1. The van der Waals surface area contributed by atoms with Crippen molar-refractivity contribution in [1.29, 1.82) is 0 Å². The number of hydrazine groups is 1. The molecule has 1 atom stereocenters. The SMILES string of the molecule is Cc1ccc(F)cc1CC(NN)C1CC1. The first kappa shape index (κ1) is 10.6. The highest BCUT2D eigenvalue weighted by molar-refractivity contribution is 5.27. The van der Waals surface area contributed by atoms with E-state index in [-0.39, 0.29) is 5.82 Å². The Balaban J connectivity index is 2.11. The highest BCUT2D eigenvalue weighted by atomic mass is 19.1. The molecular weight excluding hydrogens is 191 g/mol. The number of hydrogen-bond donors (Lipinski definition) is 2. The second-order valence-electron chi connectivity index (χ2n) is 4.39. The Morgan fingerprint density at radius 3 is 2.87 bits per heavy atom. The third kappa shape index (κ3) is 2.55. The topological polar surface area (TPSA) is 38.0 Å². The number of hydrogen-bond acceptors (Lipinski definition) is 2. The van der Waals surface area contributed by atoms with Gasteiger partial charge in [0.15, 0.2) is 0 Å². The predicted octanol–water partition coefficient (Wildman–Crippen LogP) is 1.92. The van der Waals surface area contributed by atoms with Gasteiger partial charge in [0.2, 0.25) is 0 Å². The van der Waals surface area contributed by atoms with Gasteiger partial charge in [-0.25, -0.2) is 4.39 Å². The maximum absolute atomic E-state index is 13.1. The van der Waals surface area contributed by atoms with Crippen molar-refractivity contribution in [2.45, 2.75) is 32.2 Å². The minimum atomic E-state index is -0.165. The Bertz CT molecular complexity index is 347. The molecule has 1 unspecified atom stereocenters. The first-order valence-corrected chi connectivity index (χ1v) is 5.42. The minimum absolute atomic E-state index is 0.165. The van der Waals surface area contributed by atoms with Crippen molar-refractivity contribution in [2.24, 2.45) is 11.8 Å². The van der Waals surface area contributed by atoms with Gasteiger partial charge in [0.25, 0.3) is 0 Å². The van der Waals surface area contributed by atoms with Crippen molar-refractivity contribution in [3.63, 3.8) is 0 Å². The first-order chi connectivity index (χ1) is 7.20. The summed E-state index contributed by atoms with van der Waals surface area (Å²) in [5.41, 5.74) is 5.03. The summed E-state index contributed by atoms with van der Waals surface area (Å²) in [6.07, 6.45) is 3.30. The second kappa shape index (κ2) is 4.29. The minimum Gasteiger partial charge on any atom is -0.271 e. The van der Waals surface area contributed by atoms with Crippen molar-refractivity contribution in [1.82, 2.24) is 5.43 Å². The normalized spacial score (nSPS) is 17.8. The van der Waals surface area contributed by atoms with Crippen LogP contribution in [-0.4, -0.2) is 6.04 Å². The van der Waals surface area contributed by atoms with Gasteiger partial charge in [-0.05, 0) is 55.4 Å². The van der Waals surface area contributed by atoms with Crippen LogP contribution in [0, 0.1) is 18.7 Å². The van der Waals surface area contributed by atoms with Crippen molar-refractivity contribution >= 4 is 0 Å². The molecule has 1 aromatic carbocycles. The molecule has 3 N–H and O–H groups in total. The second-order valence-corrected chi connectivity index (χ2v) is 4.39. The van der Waals surface area contributed by atoms with E-state index in [9.17, 15) is 4.39 Å². The zero-order valence-corrected chi connectivity index (χ0v) is 8.96. The van der Waals surface area contributed by atoms with Gasteiger partial charge in [0.05, 0.1) is 0 Å². The molecule has 0 bridgehead atoms. The molecule has 1 fully saturated rings. The molecule has 1 aliphatic carbocycles. The average Bonchev–Trinajstić information content (AvgIpc) is 3.03. The number of aryl methyl sites for hydroxylation is 1. The first-order valence-electron chi connectivity index (χ1n) is 5.42. The third-order valence-electron chi connectivity index (χ3n) is 3.16. The van der Waals surface area contributed by atoms with E-state index >= 15 is 0 Å². The number of benzene rings is 1. The van der Waals surface area contributed by atoms with E-state index in [0.29, 0.717) is 12.0 Å². The Kier molecular flexibility index (Phi) is 3.03. The number of halogens is 1. The quantitative estimate of drug-likeness (QED) is 0.586. The fraction of sp³-hybridized carbons (Fsp3) is 0.500. The van der Waals surface area contributed by atoms with E-state index in [1.165, 1.54) is 18.9 Å². The predicted molar refractivity (Wildman–Crippen MR) is 58.7 cm³/mol. The zero-order valence-electron chi connectivity index (χ0n) is 8.96. The standard InChI is InChI=1S/C12H17FN2/c1-8-2-5-11(13)6-10(8)7-12(15-14)9-3-4-9/h2,5-6,9,12,15H,3-4,7,14H2,1H3. The lowest BCUT2D eigenvalue weighted by Gasteiger charge is -2.16. The maximum Gasteiger partial charge on any atom is 0.123 e. The number of nitrogens with two attached hydrogens (primary N) is 1. The largest absolute Gasteiger partial charge is 0.271 e. The fourth-order valence-corrected chi connectivity index (χ4v) is 1.96. The third-order valence-corrected chi connectivity index (χ3v) is 3.16. The van der Waals surface area contributed by atoms with Gasteiger partial charge in [-0.2, -0.15) is 0 Å². The lowest BCUT2D eigenvalue weighted by molar-refractivity contribution is 0.470. The zero-order chi connectivity index (χ0) is 10.8. The summed E-state index contributed by atoms with van der Waals surface area (Å²) in [4.78, 5) is 0. The molecule has 0 aliphatic heterocycles. The molecule has 15 heavy (non-hydrogen) atoms. The van der Waals surface area contributed by atoms with Crippen LogP contribution in [0.2, 0.25) is 0 Å². The van der Waals surface area contributed by atoms with Crippen molar-refractivity contribution in [3.05, 3.63) is 35.1 Å². The van der Waals surface area contributed by atoms with E-state index in [4.69, 9.17) is 5.84 Å². The smallest absolute Gasteiger partial charge is 0.123 e. The summed E-state index contributed by atoms with van der Waals surface area (Å²) in [6, 6.07) is 5.24. The molecular formula is C12H17FN2. The molecule has 0 heterocycles. The molecule has 0 saturated heterocycles. The van der Waals surface area contributed by atoms with Crippen LogP contribution in [0.5, 0.6) is 0 Å². The summed E-state index contributed by atoms with van der Waals surface area (Å²) >= 11 is 0. The van der Waals surface area contributed by atoms with E-state index < -0.39 is 0 Å². The summed E-state index contributed by atoms with van der Waals surface area (Å²) in [6.45, 7) is 2.01. The summed E-state index contributed by atoms with van der Waals surface area (Å²) in [5, 5.41) is 0. The molecule has 2 nitrogen and oxygen atoms in total. The van der Waals surface area contributed by atoms with Crippen molar-refractivity contribution in [3.8, 4) is 0 Å². The highest BCUT2D eigenvalue weighted by Crippen LogP contribution is 2.34. The van der Waals surface area contributed by atoms with Crippen LogP contribution >= 0.6 is 0 Å². The summed E-state index contributed by atoms with van der Waals surface area (Å²) in [7, 11) is 0. The molecule has 82 valence electrons. The molecule has 0 spiro atoms. The van der Waals surface area contributed by atoms with Gasteiger partial charge in [-0.3, -0.25) is 11.3 Å². The Morgan fingerprint density at radius 1 is 1.53 bits per heavy atom. The molecule has 1 saturated carbocycles. The molecule has 1 aromatic rings. The lowest BCUT2D eigenvalue weighted by atomic mass is 9.99. The number of rotatable bonds is 4.